The van der Waals surface area contributed by atoms with Crippen molar-refractivity contribution < 1.29 is 23.8 Å². The van der Waals surface area contributed by atoms with Crippen molar-refractivity contribution in [1.82, 2.24) is 9.88 Å². The summed E-state index contributed by atoms with van der Waals surface area (Å²) < 4.78 is 15.8. The van der Waals surface area contributed by atoms with E-state index in [1.165, 1.54) is 6.39 Å². The minimum Gasteiger partial charge on any atom is -0.454 e. The van der Waals surface area contributed by atoms with Gasteiger partial charge in [-0.2, -0.15) is 0 Å². The van der Waals surface area contributed by atoms with Gasteiger partial charge in [-0.05, 0) is 31.0 Å². The Labute approximate surface area is 138 Å². The number of carbonyl (C=O) groups is 1. The Bertz CT molecular complexity index is 772. The molecule has 2 aromatic rings. The molecule has 1 fully saturated rings. The van der Waals surface area contributed by atoms with Crippen LogP contribution in [0.2, 0.25) is 0 Å². The Morgan fingerprint density at radius 3 is 2.92 bits per heavy atom. The molecule has 126 valence electrons. The summed E-state index contributed by atoms with van der Waals surface area (Å²) in [6, 6.07) is 5.72. The topological polar surface area (TPSA) is 85.0 Å². The number of β-amino-alcohol motifs (C(OH)–C–C–N with tert-alkyl or cyclic N) is 1. The smallest absolute Gasteiger partial charge is 0.276 e. The van der Waals surface area contributed by atoms with E-state index in [0.717, 1.165) is 11.3 Å². The van der Waals surface area contributed by atoms with Crippen molar-refractivity contribution in [3.05, 3.63) is 41.6 Å². The number of aromatic nitrogens is 1. The average molecular weight is 330 g/mol. The van der Waals surface area contributed by atoms with Gasteiger partial charge >= 0.3 is 0 Å². The molecule has 3 heterocycles. The molecule has 7 nitrogen and oxygen atoms in total. The molecule has 2 aliphatic heterocycles. The zero-order valence-corrected chi connectivity index (χ0v) is 13.3. The highest BCUT2D eigenvalue weighted by Gasteiger charge is 2.33. The molecule has 1 aromatic heterocycles. The molecule has 2 atom stereocenters. The molecule has 1 aromatic carbocycles. The third-order valence-electron chi connectivity index (χ3n) is 4.64. The van der Waals surface area contributed by atoms with Gasteiger partial charge in [0.15, 0.2) is 23.6 Å². The van der Waals surface area contributed by atoms with Crippen molar-refractivity contribution in [2.75, 3.05) is 19.9 Å². The molecule has 0 saturated carbocycles. The van der Waals surface area contributed by atoms with E-state index in [4.69, 9.17) is 13.9 Å². The monoisotopic (exact) mass is 330 g/mol. The van der Waals surface area contributed by atoms with Crippen molar-refractivity contribution in [1.29, 1.82) is 0 Å². The molecular formula is C17H18N2O5. The number of likely N-dealkylation sites (tertiary alicyclic amines) is 1. The zero-order valence-electron chi connectivity index (χ0n) is 13.3. The highest BCUT2D eigenvalue weighted by molar-refractivity contribution is 5.93. The van der Waals surface area contributed by atoms with E-state index < -0.39 is 6.10 Å². The molecule has 4 rings (SSSR count). The van der Waals surface area contributed by atoms with Crippen LogP contribution in [0.25, 0.3) is 0 Å². The fourth-order valence-corrected chi connectivity index (χ4v) is 3.31. The number of fused-ring (bicyclic) bond motifs is 1. The minimum atomic E-state index is -0.643. The van der Waals surface area contributed by atoms with Crippen molar-refractivity contribution in [2.45, 2.75) is 25.4 Å². The summed E-state index contributed by atoms with van der Waals surface area (Å²) in [6.45, 7) is 2.76. The van der Waals surface area contributed by atoms with E-state index in [1.807, 2.05) is 18.2 Å². The van der Waals surface area contributed by atoms with E-state index in [0.29, 0.717) is 30.2 Å². The second kappa shape index (κ2) is 5.83. The normalized spacial score (nSPS) is 22.7. The van der Waals surface area contributed by atoms with Crippen molar-refractivity contribution >= 4 is 5.91 Å². The Morgan fingerprint density at radius 2 is 2.17 bits per heavy atom. The molecule has 1 N–H and O–H groups in total. The lowest BCUT2D eigenvalue weighted by Crippen LogP contribution is -2.46. The summed E-state index contributed by atoms with van der Waals surface area (Å²) in [5, 5.41) is 10.5. The molecule has 0 unspecified atom stereocenters. The zero-order chi connectivity index (χ0) is 16.7. The van der Waals surface area contributed by atoms with Crippen LogP contribution in [0.4, 0.5) is 0 Å². The number of hydrogen-bond donors (Lipinski definition) is 1. The number of hydrogen-bond acceptors (Lipinski definition) is 6. The standard InChI is InChI=1S/C17H18N2O5/c1-10-16(18-8-22-10)17(21)19-5-4-12(13(20)7-19)11-2-3-14-15(6-11)24-9-23-14/h2-3,6,8,12-13,20H,4-5,7,9H2,1H3/t12-,13+/m0/s1. The molecule has 0 bridgehead atoms. The van der Waals surface area contributed by atoms with Crippen LogP contribution in [-0.2, 0) is 0 Å². The molecule has 7 heteroatoms. The minimum absolute atomic E-state index is 0.0399. The first-order valence-electron chi connectivity index (χ1n) is 7.90. The first kappa shape index (κ1) is 15.0. The van der Waals surface area contributed by atoms with Crippen molar-refractivity contribution in [3.8, 4) is 11.5 Å². The summed E-state index contributed by atoms with van der Waals surface area (Å²) in [4.78, 5) is 18.1. The van der Waals surface area contributed by atoms with Gasteiger partial charge in [-0.3, -0.25) is 4.79 Å². The first-order valence-corrected chi connectivity index (χ1v) is 7.90. The number of oxazole rings is 1. The lowest BCUT2D eigenvalue weighted by Gasteiger charge is -2.36. The maximum atomic E-state index is 12.5. The summed E-state index contributed by atoms with van der Waals surface area (Å²) in [6.07, 6.45) is 1.29. The third-order valence-corrected chi connectivity index (χ3v) is 4.64. The summed E-state index contributed by atoms with van der Waals surface area (Å²) >= 11 is 0. The molecule has 0 spiro atoms. The Kier molecular flexibility index (Phi) is 3.65. The largest absolute Gasteiger partial charge is 0.454 e. The van der Waals surface area contributed by atoms with Crippen LogP contribution in [0.5, 0.6) is 11.5 Å². The third kappa shape index (κ3) is 2.50. The van der Waals surface area contributed by atoms with Gasteiger partial charge in [0, 0.05) is 19.0 Å². The lowest BCUT2D eigenvalue weighted by molar-refractivity contribution is 0.0376. The van der Waals surface area contributed by atoms with Crippen LogP contribution in [0.1, 0.15) is 34.2 Å². The first-order chi connectivity index (χ1) is 11.6. The summed E-state index contributed by atoms with van der Waals surface area (Å²) in [5.74, 6) is 1.68. The Balaban J connectivity index is 1.49. The predicted octanol–water partition coefficient (Wildman–Crippen LogP) is 1.70. The highest BCUT2D eigenvalue weighted by atomic mass is 16.7. The second-order valence-corrected chi connectivity index (χ2v) is 6.08. The van der Waals surface area contributed by atoms with Gasteiger partial charge < -0.3 is 23.9 Å². The number of rotatable bonds is 2. The van der Waals surface area contributed by atoms with Crippen LogP contribution in [0, 0.1) is 6.92 Å². The van der Waals surface area contributed by atoms with Crippen LogP contribution < -0.4 is 9.47 Å². The van der Waals surface area contributed by atoms with Crippen LogP contribution >= 0.6 is 0 Å². The Morgan fingerprint density at radius 1 is 1.33 bits per heavy atom. The number of aryl methyl sites for hydroxylation is 1. The van der Waals surface area contributed by atoms with Crippen molar-refractivity contribution in [2.24, 2.45) is 0 Å². The summed E-state index contributed by atoms with van der Waals surface area (Å²) in [7, 11) is 0. The van der Waals surface area contributed by atoms with Gasteiger partial charge in [-0.15, -0.1) is 0 Å². The number of aliphatic hydroxyl groups is 1. The number of aliphatic hydroxyl groups excluding tert-OH is 1. The van der Waals surface area contributed by atoms with Gasteiger partial charge in [0.2, 0.25) is 6.79 Å². The van der Waals surface area contributed by atoms with E-state index in [9.17, 15) is 9.90 Å². The van der Waals surface area contributed by atoms with E-state index >= 15 is 0 Å². The highest BCUT2D eigenvalue weighted by Crippen LogP contribution is 2.37. The van der Waals surface area contributed by atoms with E-state index in [-0.39, 0.29) is 25.2 Å². The fraction of sp³-hybridized carbons (Fsp3) is 0.412. The molecule has 0 aliphatic carbocycles. The lowest BCUT2D eigenvalue weighted by atomic mass is 9.86. The fourth-order valence-electron chi connectivity index (χ4n) is 3.31. The second-order valence-electron chi connectivity index (χ2n) is 6.08. The van der Waals surface area contributed by atoms with Crippen LogP contribution in [0.15, 0.2) is 29.0 Å². The van der Waals surface area contributed by atoms with Gasteiger partial charge in [0.05, 0.1) is 6.10 Å². The van der Waals surface area contributed by atoms with Crippen LogP contribution in [0.3, 0.4) is 0 Å². The average Bonchev–Trinajstić information content (AvgIpc) is 3.22. The van der Waals surface area contributed by atoms with Crippen LogP contribution in [-0.4, -0.2) is 46.9 Å². The number of ether oxygens (including phenoxy) is 2. The molecule has 1 saturated heterocycles. The summed E-state index contributed by atoms with van der Waals surface area (Å²) in [5.41, 5.74) is 1.31. The maximum Gasteiger partial charge on any atom is 0.276 e. The van der Waals surface area contributed by atoms with Crippen molar-refractivity contribution in [3.63, 3.8) is 0 Å². The van der Waals surface area contributed by atoms with Gasteiger partial charge in [-0.25, -0.2) is 4.98 Å². The quantitative estimate of drug-likeness (QED) is 0.902. The number of amides is 1. The van der Waals surface area contributed by atoms with Gasteiger partial charge in [0.1, 0.15) is 5.76 Å². The van der Waals surface area contributed by atoms with Gasteiger partial charge in [-0.1, -0.05) is 6.07 Å². The number of piperidine rings is 1. The van der Waals surface area contributed by atoms with Gasteiger partial charge in [0.25, 0.3) is 5.91 Å². The number of benzene rings is 1. The number of carbonyl (C=O) groups excluding carboxylic acids is 1. The molecule has 2 aliphatic rings. The molecular weight excluding hydrogens is 312 g/mol. The SMILES string of the molecule is Cc1ocnc1C(=O)N1CC[C@@H](c2ccc3c(c2)OCO3)[C@H](O)C1. The predicted molar refractivity (Wildman–Crippen MR) is 83.1 cm³/mol. The van der Waals surface area contributed by atoms with E-state index in [1.54, 1.807) is 11.8 Å². The number of nitrogens with zero attached hydrogens (tertiary/aromatic N) is 2. The molecule has 0 radical (unpaired) electrons. The molecule has 24 heavy (non-hydrogen) atoms. The maximum absolute atomic E-state index is 12.5. The Hall–Kier alpha value is -2.54. The van der Waals surface area contributed by atoms with E-state index in [2.05, 4.69) is 4.98 Å². The molecule has 1 amide bonds.